The number of hydrogen-bond donors (Lipinski definition) is 1. The van der Waals surface area contributed by atoms with Crippen molar-refractivity contribution in [2.45, 2.75) is 20.5 Å². The van der Waals surface area contributed by atoms with Crippen molar-refractivity contribution in [3.63, 3.8) is 0 Å². The lowest BCUT2D eigenvalue weighted by atomic mass is 10.1. The first-order chi connectivity index (χ1) is 17.7. The molecule has 1 saturated heterocycles. The lowest BCUT2D eigenvalue weighted by Crippen LogP contribution is -2.36. The summed E-state index contributed by atoms with van der Waals surface area (Å²) in [6.45, 7) is 3.96. The zero-order valence-corrected chi connectivity index (χ0v) is 23.5. The Bertz CT molecular complexity index is 1390. The molecule has 37 heavy (non-hydrogen) atoms. The maximum atomic E-state index is 13.0. The lowest BCUT2D eigenvalue weighted by Gasteiger charge is -2.14. The van der Waals surface area contributed by atoms with Crippen LogP contribution in [0.3, 0.4) is 0 Å². The molecule has 3 aromatic rings. The predicted molar refractivity (Wildman–Crippen MR) is 154 cm³/mol. The van der Waals surface area contributed by atoms with E-state index in [9.17, 15) is 14.4 Å². The summed E-state index contributed by atoms with van der Waals surface area (Å²) in [6, 6.07) is 18.9. The fraction of sp³-hybridized carbons (Fsp3) is 0.179. The van der Waals surface area contributed by atoms with Crippen molar-refractivity contribution < 1.29 is 23.9 Å². The van der Waals surface area contributed by atoms with E-state index >= 15 is 0 Å². The minimum atomic E-state index is -0.511. The van der Waals surface area contributed by atoms with Gasteiger partial charge in [-0.2, -0.15) is 0 Å². The predicted octanol–water partition coefficient (Wildman–Crippen LogP) is 6.17. The second-order valence-corrected chi connectivity index (χ2v) is 10.6. The number of ether oxygens (including phenoxy) is 2. The Morgan fingerprint density at radius 3 is 2.51 bits per heavy atom. The lowest BCUT2D eigenvalue weighted by molar-refractivity contribution is -0.127. The molecule has 0 atom stereocenters. The molecule has 3 aromatic carbocycles. The number of imide groups is 1. The first-order valence-electron chi connectivity index (χ1n) is 11.4. The van der Waals surface area contributed by atoms with Crippen molar-refractivity contribution in [2.24, 2.45) is 0 Å². The van der Waals surface area contributed by atoms with Crippen LogP contribution in [0.2, 0.25) is 0 Å². The van der Waals surface area contributed by atoms with Crippen LogP contribution in [-0.4, -0.2) is 35.6 Å². The van der Waals surface area contributed by atoms with Crippen LogP contribution in [0.4, 0.5) is 10.5 Å². The molecule has 9 heteroatoms. The van der Waals surface area contributed by atoms with Gasteiger partial charge in [0, 0.05) is 5.69 Å². The highest BCUT2D eigenvalue weighted by molar-refractivity contribution is 14.1. The van der Waals surface area contributed by atoms with Gasteiger partial charge in [-0.05, 0) is 101 Å². The van der Waals surface area contributed by atoms with Crippen molar-refractivity contribution in [1.29, 1.82) is 0 Å². The van der Waals surface area contributed by atoms with E-state index < -0.39 is 17.1 Å². The summed E-state index contributed by atoms with van der Waals surface area (Å²) < 4.78 is 12.3. The van der Waals surface area contributed by atoms with Crippen LogP contribution in [0.1, 0.15) is 22.3 Å². The SMILES string of the molecule is COc1cc(/C=C2/SC(=O)N(CC(=O)Nc3ccc(C)c(C)c3)C2=O)cc(I)c1OCc1ccccc1. The quantitative estimate of drug-likeness (QED) is 0.237. The number of benzene rings is 3. The Morgan fingerprint density at radius 1 is 1.05 bits per heavy atom. The molecule has 0 radical (unpaired) electrons. The number of hydrogen-bond acceptors (Lipinski definition) is 6. The summed E-state index contributed by atoms with van der Waals surface area (Å²) in [5, 5.41) is 2.26. The molecule has 4 rings (SSSR count). The molecule has 0 bridgehead atoms. The highest BCUT2D eigenvalue weighted by Crippen LogP contribution is 2.37. The fourth-order valence-corrected chi connectivity index (χ4v) is 5.26. The third-order valence-electron chi connectivity index (χ3n) is 5.74. The molecule has 0 aromatic heterocycles. The molecule has 0 unspecified atom stereocenters. The number of carbonyl (C=O) groups excluding carboxylic acids is 3. The van der Waals surface area contributed by atoms with Crippen LogP contribution in [-0.2, 0) is 16.2 Å². The minimum Gasteiger partial charge on any atom is -0.493 e. The van der Waals surface area contributed by atoms with E-state index in [0.717, 1.165) is 36.9 Å². The van der Waals surface area contributed by atoms with Crippen LogP contribution in [0.5, 0.6) is 11.5 Å². The minimum absolute atomic E-state index is 0.236. The van der Waals surface area contributed by atoms with Crippen LogP contribution >= 0.6 is 34.4 Å². The smallest absolute Gasteiger partial charge is 0.294 e. The topological polar surface area (TPSA) is 84.9 Å². The molecule has 0 spiro atoms. The first kappa shape index (κ1) is 26.7. The van der Waals surface area contributed by atoms with Gasteiger partial charge in [0.25, 0.3) is 11.1 Å². The van der Waals surface area contributed by atoms with Crippen molar-refractivity contribution in [1.82, 2.24) is 4.90 Å². The molecule has 1 heterocycles. The highest BCUT2D eigenvalue weighted by atomic mass is 127. The normalized spacial score (nSPS) is 14.3. The monoisotopic (exact) mass is 628 g/mol. The van der Waals surface area contributed by atoms with E-state index in [4.69, 9.17) is 9.47 Å². The van der Waals surface area contributed by atoms with Gasteiger partial charge in [0.1, 0.15) is 13.2 Å². The second kappa shape index (κ2) is 11.8. The van der Waals surface area contributed by atoms with Crippen LogP contribution in [0, 0.1) is 17.4 Å². The number of amides is 3. The van der Waals surface area contributed by atoms with Gasteiger partial charge in [-0.15, -0.1) is 0 Å². The van der Waals surface area contributed by atoms with Gasteiger partial charge in [0.05, 0.1) is 15.6 Å². The summed E-state index contributed by atoms with van der Waals surface area (Å²) in [6.07, 6.45) is 1.62. The molecule has 1 N–H and O–H groups in total. The third-order valence-corrected chi connectivity index (χ3v) is 7.45. The Balaban J connectivity index is 1.46. The fourth-order valence-electron chi connectivity index (χ4n) is 3.64. The highest BCUT2D eigenvalue weighted by Gasteiger charge is 2.36. The molecule has 7 nitrogen and oxygen atoms in total. The number of aryl methyl sites for hydroxylation is 2. The van der Waals surface area contributed by atoms with Crippen molar-refractivity contribution in [2.75, 3.05) is 19.0 Å². The van der Waals surface area contributed by atoms with E-state index in [0.29, 0.717) is 29.4 Å². The maximum Gasteiger partial charge on any atom is 0.294 e. The van der Waals surface area contributed by atoms with Crippen LogP contribution in [0.15, 0.2) is 65.6 Å². The van der Waals surface area contributed by atoms with E-state index in [-0.39, 0.29) is 11.4 Å². The number of halogens is 1. The summed E-state index contributed by atoms with van der Waals surface area (Å²) in [4.78, 5) is 39.2. The van der Waals surface area contributed by atoms with E-state index in [1.54, 1.807) is 25.3 Å². The molecular weight excluding hydrogens is 603 g/mol. The summed E-state index contributed by atoms with van der Waals surface area (Å²) >= 11 is 2.96. The Hall–Kier alpha value is -3.31. The number of methoxy groups -OCH3 is 1. The van der Waals surface area contributed by atoms with Gasteiger partial charge in [0.2, 0.25) is 5.91 Å². The molecule has 0 aliphatic carbocycles. The van der Waals surface area contributed by atoms with Gasteiger partial charge in [0.15, 0.2) is 11.5 Å². The van der Waals surface area contributed by atoms with E-state index in [2.05, 4.69) is 27.9 Å². The number of nitrogens with zero attached hydrogens (tertiary/aromatic N) is 1. The molecule has 190 valence electrons. The Morgan fingerprint density at radius 2 is 1.81 bits per heavy atom. The van der Waals surface area contributed by atoms with E-state index in [1.165, 1.54) is 0 Å². The summed E-state index contributed by atoms with van der Waals surface area (Å²) in [5.74, 6) is 0.160. The van der Waals surface area contributed by atoms with E-state index in [1.807, 2.05) is 62.4 Å². The molecule has 1 fully saturated rings. The summed E-state index contributed by atoms with van der Waals surface area (Å²) in [5.41, 5.74) is 4.47. The maximum absolute atomic E-state index is 13.0. The standard InChI is InChI=1S/C28H25IN2O5S/c1-17-9-10-21(11-18(17)2)30-25(32)15-31-27(33)24(37-28(31)34)14-20-12-22(29)26(23(13-20)35-3)36-16-19-7-5-4-6-8-19/h4-14H,15-16H2,1-3H3,(H,30,32)/b24-14+. The number of rotatable bonds is 8. The molecule has 1 aliphatic rings. The average molecular weight is 628 g/mol. The third kappa shape index (κ3) is 6.53. The zero-order chi connectivity index (χ0) is 26.5. The van der Waals surface area contributed by atoms with Gasteiger partial charge in [-0.3, -0.25) is 19.3 Å². The molecule has 3 amide bonds. The number of carbonyl (C=O) groups is 3. The number of anilines is 1. The Kier molecular flexibility index (Phi) is 8.55. The zero-order valence-electron chi connectivity index (χ0n) is 20.5. The number of thioether (sulfide) groups is 1. The summed E-state index contributed by atoms with van der Waals surface area (Å²) in [7, 11) is 1.55. The van der Waals surface area contributed by atoms with Crippen molar-refractivity contribution in [3.8, 4) is 11.5 Å². The second-order valence-electron chi connectivity index (χ2n) is 8.42. The van der Waals surface area contributed by atoms with Crippen LogP contribution in [0.25, 0.3) is 6.08 Å². The Labute approximate surface area is 233 Å². The van der Waals surface area contributed by atoms with Crippen LogP contribution < -0.4 is 14.8 Å². The van der Waals surface area contributed by atoms with Gasteiger partial charge >= 0.3 is 0 Å². The average Bonchev–Trinajstić information content (AvgIpc) is 3.13. The van der Waals surface area contributed by atoms with Crippen molar-refractivity contribution in [3.05, 3.63) is 91.4 Å². The molecular formula is C28H25IN2O5S. The largest absolute Gasteiger partial charge is 0.493 e. The van der Waals surface area contributed by atoms with Gasteiger partial charge < -0.3 is 14.8 Å². The molecule has 1 aliphatic heterocycles. The van der Waals surface area contributed by atoms with Crippen molar-refractivity contribution >= 4 is 63.2 Å². The molecule has 0 saturated carbocycles. The van der Waals surface area contributed by atoms with Gasteiger partial charge in [-0.25, -0.2) is 0 Å². The number of nitrogens with one attached hydrogen (secondary N) is 1. The first-order valence-corrected chi connectivity index (χ1v) is 13.3. The van der Waals surface area contributed by atoms with Gasteiger partial charge in [-0.1, -0.05) is 36.4 Å².